The molecule has 2 atom stereocenters. The number of carbonyl (C=O) groups is 2. The summed E-state index contributed by atoms with van der Waals surface area (Å²) >= 11 is 1.34. The Morgan fingerprint density at radius 2 is 2.39 bits per heavy atom. The van der Waals surface area contributed by atoms with Crippen molar-refractivity contribution in [1.82, 2.24) is 9.88 Å². The van der Waals surface area contributed by atoms with Crippen LogP contribution in [0.25, 0.3) is 0 Å². The zero-order valence-electron chi connectivity index (χ0n) is 10.2. The van der Waals surface area contributed by atoms with Gasteiger partial charge in [-0.1, -0.05) is 13.3 Å². The van der Waals surface area contributed by atoms with Crippen LogP contribution >= 0.6 is 11.3 Å². The van der Waals surface area contributed by atoms with E-state index in [2.05, 4.69) is 11.9 Å². The van der Waals surface area contributed by atoms with E-state index in [0.29, 0.717) is 24.6 Å². The monoisotopic (exact) mass is 268 g/mol. The maximum atomic E-state index is 12.2. The number of carboxylic acids is 1. The molecule has 6 heteroatoms. The van der Waals surface area contributed by atoms with Crippen molar-refractivity contribution in [2.75, 3.05) is 6.54 Å². The molecule has 18 heavy (non-hydrogen) atoms. The smallest absolute Gasteiger partial charge is 0.326 e. The number of hydrogen-bond donors (Lipinski definition) is 1. The van der Waals surface area contributed by atoms with Crippen molar-refractivity contribution in [1.29, 1.82) is 0 Å². The lowest BCUT2D eigenvalue weighted by atomic mass is 9.88. The third kappa shape index (κ3) is 2.53. The molecule has 0 spiro atoms. The van der Waals surface area contributed by atoms with Crippen molar-refractivity contribution in [3.8, 4) is 0 Å². The number of nitrogens with zero attached hydrogens (tertiary/aromatic N) is 2. The van der Waals surface area contributed by atoms with Crippen molar-refractivity contribution in [3.05, 3.63) is 16.6 Å². The second-order valence-electron chi connectivity index (χ2n) is 4.52. The number of aromatic nitrogens is 1. The lowest BCUT2D eigenvalue weighted by Gasteiger charge is -2.36. The number of rotatable bonds is 3. The minimum absolute atomic E-state index is 0.266. The van der Waals surface area contributed by atoms with Gasteiger partial charge in [0.2, 0.25) is 0 Å². The van der Waals surface area contributed by atoms with Gasteiger partial charge in [-0.2, -0.15) is 0 Å². The maximum absolute atomic E-state index is 12.2. The van der Waals surface area contributed by atoms with Crippen molar-refractivity contribution < 1.29 is 14.7 Å². The summed E-state index contributed by atoms with van der Waals surface area (Å²) in [5.74, 6) is -0.791. The topological polar surface area (TPSA) is 70.5 Å². The van der Waals surface area contributed by atoms with E-state index in [9.17, 15) is 14.7 Å². The molecule has 2 heterocycles. The third-order valence-electron chi connectivity index (χ3n) is 3.49. The Labute approximate surface area is 109 Å². The molecule has 2 unspecified atom stereocenters. The first-order chi connectivity index (χ1) is 8.63. The van der Waals surface area contributed by atoms with Gasteiger partial charge in [-0.15, -0.1) is 11.3 Å². The molecule has 5 nitrogen and oxygen atoms in total. The summed E-state index contributed by atoms with van der Waals surface area (Å²) < 4.78 is 0. The Hall–Kier alpha value is -1.43. The summed E-state index contributed by atoms with van der Waals surface area (Å²) in [6.07, 6.45) is 2.38. The first-order valence-electron chi connectivity index (χ1n) is 6.05. The predicted molar refractivity (Wildman–Crippen MR) is 67.6 cm³/mol. The van der Waals surface area contributed by atoms with Gasteiger partial charge in [-0.05, 0) is 18.8 Å². The van der Waals surface area contributed by atoms with E-state index in [1.165, 1.54) is 16.2 Å². The first-order valence-corrected chi connectivity index (χ1v) is 6.99. The van der Waals surface area contributed by atoms with E-state index in [4.69, 9.17) is 0 Å². The summed E-state index contributed by atoms with van der Waals surface area (Å²) in [5, 5.41) is 10.9. The summed E-state index contributed by atoms with van der Waals surface area (Å²) in [7, 11) is 0. The van der Waals surface area contributed by atoms with E-state index >= 15 is 0 Å². The van der Waals surface area contributed by atoms with Crippen molar-refractivity contribution in [2.45, 2.75) is 32.2 Å². The molecule has 2 rings (SSSR count). The molecule has 0 saturated carbocycles. The normalized spacial score (nSPS) is 23.9. The largest absolute Gasteiger partial charge is 0.480 e. The fourth-order valence-corrected chi connectivity index (χ4v) is 2.88. The minimum Gasteiger partial charge on any atom is -0.480 e. The van der Waals surface area contributed by atoms with E-state index in [0.717, 1.165) is 12.8 Å². The number of carbonyl (C=O) groups excluding carboxylic acids is 1. The number of piperidine rings is 1. The van der Waals surface area contributed by atoms with Gasteiger partial charge in [-0.3, -0.25) is 4.79 Å². The van der Waals surface area contributed by atoms with Crippen LogP contribution in [0, 0.1) is 5.92 Å². The zero-order valence-corrected chi connectivity index (χ0v) is 11.0. The van der Waals surface area contributed by atoms with Crippen LogP contribution in [0.4, 0.5) is 0 Å². The van der Waals surface area contributed by atoms with E-state index in [1.807, 2.05) is 0 Å². The van der Waals surface area contributed by atoms with E-state index in [1.54, 1.807) is 10.9 Å². The Balaban J connectivity index is 2.16. The van der Waals surface area contributed by atoms with E-state index < -0.39 is 12.0 Å². The lowest BCUT2D eigenvalue weighted by molar-refractivity contribution is -0.144. The quantitative estimate of drug-likeness (QED) is 0.908. The predicted octanol–water partition coefficient (Wildman–Crippen LogP) is 1.86. The average molecular weight is 268 g/mol. The first kappa shape index (κ1) is 13.0. The van der Waals surface area contributed by atoms with Crippen LogP contribution in [0.5, 0.6) is 0 Å². The Bertz CT molecular complexity index is 433. The van der Waals surface area contributed by atoms with E-state index in [-0.39, 0.29) is 5.91 Å². The van der Waals surface area contributed by atoms with Gasteiger partial charge in [0.25, 0.3) is 5.91 Å². The van der Waals surface area contributed by atoms with Gasteiger partial charge in [0.05, 0.1) is 5.51 Å². The average Bonchev–Trinajstić information content (AvgIpc) is 2.91. The molecule has 0 bridgehead atoms. The number of hydrogen-bond acceptors (Lipinski definition) is 4. The van der Waals surface area contributed by atoms with Gasteiger partial charge in [0, 0.05) is 11.9 Å². The van der Waals surface area contributed by atoms with Crippen molar-refractivity contribution in [3.63, 3.8) is 0 Å². The van der Waals surface area contributed by atoms with Gasteiger partial charge in [-0.25, -0.2) is 9.78 Å². The third-order valence-corrected chi connectivity index (χ3v) is 4.07. The van der Waals surface area contributed by atoms with Gasteiger partial charge >= 0.3 is 5.97 Å². The molecule has 1 N–H and O–H groups in total. The highest BCUT2D eigenvalue weighted by Gasteiger charge is 2.36. The fraction of sp³-hybridized carbons (Fsp3) is 0.583. The second-order valence-corrected chi connectivity index (χ2v) is 5.24. The van der Waals surface area contributed by atoms with Crippen LogP contribution in [0.3, 0.4) is 0 Å². The molecular weight excluding hydrogens is 252 g/mol. The van der Waals surface area contributed by atoms with Crippen LogP contribution in [0.15, 0.2) is 10.9 Å². The molecule has 98 valence electrons. The van der Waals surface area contributed by atoms with Crippen LogP contribution in [-0.2, 0) is 4.79 Å². The second kappa shape index (κ2) is 5.48. The van der Waals surface area contributed by atoms with Crippen LogP contribution in [-0.4, -0.2) is 39.5 Å². The summed E-state index contributed by atoms with van der Waals surface area (Å²) in [6.45, 7) is 2.56. The van der Waals surface area contributed by atoms with Crippen molar-refractivity contribution in [2.24, 2.45) is 5.92 Å². The molecule has 0 aliphatic carbocycles. The highest BCUT2D eigenvalue weighted by molar-refractivity contribution is 7.07. The molecular formula is C12H16N2O3S. The van der Waals surface area contributed by atoms with Crippen LogP contribution in [0.1, 0.15) is 36.7 Å². The standard InChI is InChI=1S/C12H16N2O3S/c1-2-8-3-4-14(10(5-8)12(16)17)11(15)9-6-18-7-13-9/h6-8,10H,2-5H2,1H3,(H,16,17). The maximum Gasteiger partial charge on any atom is 0.326 e. The molecule has 0 radical (unpaired) electrons. The van der Waals surface area contributed by atoms with Crippen molar-refractivity contribution >= 4 is 23.2 Å². The highest BCUT2D eigenvalue weighted by atomic mass is 32.1. The minimum atomic E-state index is -0.920. The number of aliphatic carboxylic acids is 1. The summed E-state index contributed by atoms with van der Waals surface area (Å²) in [6, 6.07) is -0.710. The SMILES string of the molecule is CCC1CCN(C(=O)c2cscn2)C(C(=O)O)C1. The molecule has 1 aromatic rings. The number of carboxylic acid groups (broad SMARTS) is 1. The molecule has 1 fully saturated rings. The molecule has 1 aliphatic heterocycles. The van der Waals surface area contributed by atoms with Crippen LogP contribution < -0.4 is 0 Å². The number of amides is 1. The van der Waals surface area contributed by atoms with Gasteiger partial charge in [0.1, 0.15) is 11.7 Å². The zero-order chi connectivity index (χ0) is 13.1. The molecule has 1 aliphatic rings. The highest BCUT2D eigenvalue weighted by Crippen LogP contribution is 2.26. The number of likely N-dealkylation sites (tertiary alicyclic amines) is 1. The summed E-state index contributed by atoms with van der Waals surface area (Å²) in [4.78, 5) is 28.9. The van der Waals surface area contributed by atoms with Gasteiger partial charge in [0.15, 0.2) is 0 Å². The summed E-state index contributed by atoms with van der Waals surface area (Å²) in [5.41, 5.74) is 1.93. The molecule has 1 aromatic heterocycles. The molecule has 1 amide bonds. The number of thiazole rings is 1. The van der Waals surface area contributed by atoms with Gasteiger partial charge < -0.3 is 10.0 Å². The Morgan fingerprint density at radius 1 is 1.61 bits per heavy atom. The molecule has 0 aromatic carbocycles. The Kier molecular flexibility index (Phi) is 3.96. The fourth-order valence-electron chi connectivity index (χ4n) is 2.35. The van der Waals surface area contributed by atoms with Crippen LogP contribution in [0.2, 0.25) is 0 Å². The molecule has 1 saturated heterocycles. The lowest BCUT2D eigenvalue weighted by Crippen LogP contribution is -2.50. The Morgan fingerprint density at radius 3 is 2.94 bits per heavy atom.